The second kappa shape index (κ2) is 7.78. The number of nitrogens with one attached hydrogen (secondary N) is 3. The van der Waals surface area contributed by atoms with Crippen molar-refractivity contribution in [3.05, 3.63) is 35.6 Å². The minimum absolute atomic E-state index is 0.0127. The quantitative estimate of drug-likeness (QED) is 0.734. The van der Waals surface area contributed by atoms with Crippen LogP contribution in [-0.2, 0) is 9.53 Å². The van der Waals surface area contributed by atoms with E-state index in [1.807, 2.05) is 6.07 Å². The minimum Gasteiger partial charge on any atom is -0.378 e. The molecule has 3 N–H and O–H groups in total. The van der Waals surface area contributed by atoms with Crippen LogP contribution in [0.1, 0.15) is 25.5 Å². The van der Waals surface area contributed by atoms with E-state index in [4.69, 9.17) is 4.74 Å². The number of hydrazine groups is 1. The van der Waals surface area contributed by atoms with E-state index in [1.54, 1.807) is 13.2 Å². The lowest BCUT2D eigenvalue weighted by Gasteiger charge is -2.23. The molecule has 138 valence electrons. The number of hydrogen-bond acceptors (Lipinski definition) is 5. The number of hydrogen-bond donors (Lipinski definition) is 3. The van der Waals surface area contributed by atoms with Gasteiger partial charge in [0, 0.05) is 32.8 Å². The number of rotatable bonds is 5. The van der Waals surface area contributed by atoms with Gasteiger partial charge >= 0.3 is 0 Å². The van der Waals surface area contributed by atoms with Crippen molar-refractivity contribution in [1.82, 2.24) is 21.1 Å². The highest BCUT2D eigenvalue weighted by atomic mass is 19.1. The first-order chi connectivity index (χ1) is 12.0. The monoisotopic (exact) mass is 350 g/mol. The Morgan fingerprint density at radius 1 is 1.40 bits per heavy atom. The summed E-state index contributed by atoms with van der Waals surface area (Å²) in [5, 5.41) is 3.14. The summed E-state index contributed by atoms with van der Waals surface area (Å²) >= 11 is 0. The summed E-state index contributed by atoms with van der Waals surface area (Å²) in [7, 11) is 1.68. The molecule has 1 amide bonds. The van der Waals surface area contributed by atoms with E-state index < -0.39 is 0 Å². The fourth-order valence-electron chi connectivity index (χ4n) is 3.65. The van der Waals surface area contributed by atoms with Gasteiger partial charge in [-0.25, -0.2) is 9.82 Å². The first kappa shape index (κ1) is 18.3. The van der Waals surface area contributed by atoms with Crippen LogP contribution in [0.15, 0.2) is 24.3 Å². The SMILES string of the molecule is CO[C@@H]1CN(C(C)C)C[C@H]1NC(=O)C1CNNC1c1cccc(F)c1. The third-order valence-electron chi connectivity index (χ3n) is 5.18. The fourth-order valence-corrected chi connectivity index (χ4v) is 3.65. The predicted octanol–water partition coefficient (Wildman–Crippen LogP) is 0.815. The van der Waals surface area contributed by atoms with Gasteiger partial charge in [0.2, 0.25) is 5.91 Å². The van der Waals surface area contributed by atoms with Gasteiger partial charge in [-0.2, -0.15) is 0 Å². The molecule has 0 bridgehead atoms. The summed E-state index contributed by atoms with van der Waals surface area (Å²) in [6, 6.07) is 6.50. The summed E-state index contributed by atoms with van der Waals surface area (Å²) in [5.41, 5.74) is 6.88. The third-order valence-corrected chi connectivity index (χ3v) is 5.18. The van der Waals surface area contributed by atoms with Gasteiger partial charge in [0.25, 0.3) is 0 Å². The summed E-state index contributed by atoms with van der Waals surface area (Å²) in [6.07, 6.45) is -0.0127. The molecule has 0 spiro atoms. The maximum atomic E-state index is 13.5. The summed E-state index contributed by atoms with van der Waals surface area (Å²) in [4.78, 5) is 15.1. The van der Waals surface area contributed by atoms with E-state index in [0.29, 0.717) is 12.6 Å². The van der Waals surface area contributed by atoms with Crippen molar-refractivity contribution < 1.29 is 13.9 Å². The highest BCUT2D eigenvalue weighted by Crippen LogP contribution is 2.26. The maximum absolute atomic E-state index is 13.5. The fraction of sp³-hybridized carbons (Fsp3) is 0.611. The van der Waals surface area contributed by atoms with Gasteiger partial charge in [-0.1, -0.05) is 12.1 Å². The molecule has 1 aromatic carbocycles. The number of ether oxygens (including phenoxy) is 1. The lowest BCUT2D eigenvalue weighted by atomic mass is 9.93. The normalized spacial score (nSPS) is 30.1. The lowest BCUT2D eigenvalue weighted by Crippen LogP contribution is -2.47. The Labute approximate surface area is 148 Å². The van der Waals surface area contributed by atoms with Crippen LogP contribution in [-0.4, -0.2) is 55.7 Å². The molecule has 2 aliphatic rings. The number of carbonyl (C=O) groups is 1. The van der Waals surface area contributed by atoms with E-state index in [0.717, 1.165) is 18.7 Å². The zero-order valence-corrected chi connectivity index (χ0v) is 15.0. The molecule has 2 heterocycles. The highest BCUT2D eigenvalue weighted by Gasteiger charge is 2.39. The standard InChI is InChI=1S/C18H27FN4O2/c1-11(2)23-9-15(16(10-23)25-3)21-18(24)14-8-20-22-17(14)12-5-4-6-13(19)7-12/h4-7,11,14-17,20,22H,8-10H2,1-3H3,(H,21,24)/t14?,15-,16-,17?/m1/s1. The highest BCUT2D eigenvalue weighted by molar-refractivity contribution is 5.80. The average Bonchev–Trinajstić information content (AvgIpc) is 3.21. The van der Waals surface area contributed by atoms with Gasteiger partial charge < -0.3 is 10.1 Å². The number of methoxy groups -OCH3 is 1. The molecule has 6 nitrogen and oxygen atoms in total. The Kier molecular flexibility index (Phi) is 5.68. The van der Waals surface area contributed by atoms with E-state index in [-0.39, 0.29) is 35.8 Å². The van der Waals surface area contributed by atoms with Crippen LogP contribution in [0.25, 0.3) is 0 Å². The van der Waals surface area contributed by atoms with Crippen LogP contribution < -0.4 is 16.2 Å². The number of likely N-dealkylation sites (tertiary alicyclic amines) is 1. The molecule has 1 aromatic rings. The van der Waals surface area contributed by atoms with Gasteiger partial charge in [0.1, 0.15) is 5.82 Å². The van der Waals surface area contributed by atoms with Gasteiger partial charge in [0.15, 0.2) is 0 Å². The van der Waals surface area contributed by atoms with Crippen molar-refractivity contribution in [3.8, 4) is 0 Å². The Balaban J connectivity index is 1.68. The number of nitrogens with zero attached hydrogens (tertiary/aromatic N) is 1. The van der Waals surface area contributed by atoms with Crippen LogP contribution in [0.5, 0.6) is 0 Å². The Morgan fingerprint density at radius 2 is 2.20 bits per heavy atom. The third kappa shape index (κ3) is 4.00. The largest absolute Gasteiger partial charge is 0.378 e. The molecule has 2 unspecified atom stereocenters. The molecule has 0 radical (unpaired) electrons. The minimum atomic E-state index is -0.299. The van der Waals surface area contributed by atoms with Crippen LogP contribution in [0, 0.1) is 11.7 Å². The van der Waals surface area contributed by atoms with Gasteiger partial charge in [-0.3, -0.25) is 15.1 Å². The van der Waals surface area contributed by atoms with Crippen molar-refractivity contribution in [2.45, 2.75) is 38.1 Å². The van der Waals surface area contributed by atoms with Gasteiger partial charge in [-0.15, -0.1) is 0 Å². The number of benzene rings is 1. The molecule has 2 fully saturated rings. The average molecular weight is 350 g/mol. The van der Waals surface area contributed by atoms with Crippen molar-refractivity contribution in [2.24, 2.45) is 5.92 Å². The Hall–Kier alpha value is -1.54. The molecule has 3 rings (SSSR count). The topological polar surface area (TPSA) is 65.6 Å². The van der Waals surface area contributed by atoms with E-state index in [2.05, 4.69) is 34.9 Å². The summed E-state index contributed by atoms with van der Waals surface area (Å²) in [6.45, 7) is 6.38. The van der Waals surface area contributed by atoms with E-state index in [1.165, 1.54) is 12.1 Å². The smallest absolute Gasteiger partial charge is 0.226 e. The van der Waals surface area contributed by atoms with Gasteiger partial charge in [-0.05, 0) is 31.5 Å². The lowest BCUT2D eigenvalue weighted by molar-refractivity contribution is -0.126. The molecular formula is C18H27FN4O2. The first-order valence-corrected chi connectivity index (χ1v) is 8.80. The number of amides is 1. The van der Waals surface area contributed by atoms with Crippen LogP contribution in [0.2, 0.25) is 0 Å². The van der Waals surface area contributed by atoms with Gasteiger partial charge in [0.05, 0.1) is 24.1 Å². The van der Waals surface area contributed by atoms with Crippen molar-refractivity contribution in [1.29, 1.82) is 0 Å². The zero-order chi connectivity index (χ0) is 18.0. The molecule has 7 heteroatoms. The summed E-state index contributed by atoms with van der Waals surface area (Å²) < 4.78 is 19.1. The van der Waals surface area contributed by atoms with E-state index >= 15 is 0 Å². The Morgan fingerprint density at radius 3 is 2.88 bits per heavy atom. The predicted molar refractivity (Wildman–Crippen MR) is 93.2 cm³/mol. The number of carbonyl (C=O) groups excluding carboxylic acids is 1. The van der Waals surface area contributed by atoms with Crippen LogP contribution >= 0.6 is 0 Å². The molecule has 2 saturated heterocycles. The summed E-state index contributed by atoms with van der Waals surface area (Å²) in [5.74, 6) is -0.634. The van der Waals surface area contributed by atoms with Crippen molar-refractivity contribution >= 4 is 5.91 Å². The Bertz CT molecular complexity index is 612. The first-order valence-electron chi connectivity index (χ1n) is 8.80. The van der Waals surface area contributed by atoms with Crippen molar-refractivity contribution in [2.75, 3.05) is 26.7 Å². The second-order valence-electron chi connectivity index (χ2n) is 7.10. The molecule has 0 aromatic heterocycles. The van der Waals surface area contributed by atoms with Crippen LogP contribution in [0.4, 0.5) is 4.39 Å². The molecule has 4 atom stereocenters. The second-order valence-corrected chi connectivity index (χ2v) is 7.10. The van der Waals surface area contributed by atoms with E-state index in [9.17, 15) is 9.18 Å². The maximum Gasteiger partial charge on any atom is 0.226 e. The molecule has 0 saturated carbocycles. The molecule has 2 aliphatic heterocycles. The molecule has 25 heavy (non-hydrogen) atoms. The molecular weight excluding hydrogens is 323 g/mol. The van der Waals surface area contributed by atoms with Crippen molar-refractivity contribution in [3.63, 3.8) is 0 Å². The zero-order valence-electron chi connectivity index (χ0n) is 15.0. The van der Waals surface area contributed by atoms with Crippen LogP contribution in [0.3, 0.4) is 0 Å². The molecule has 0 aliphatic carbocycles. The number of halogens is 1.